The Balaban J connectivity index is 2.03. The van der Waals surface area contributed by atoms with Crippen LogP contribution in [0.15, 0.2) is 54.6 Å². The Kier molecular flexibility index (Phi) is 4.47. The van der Waals surface area contributed by atoms with Crippen molar-refractivity contribution in [2.45, 2.75) is 26.8 Å². The molecule has 1 aromatic heterocycles. The highest BCUT2D eigenvalue weighted by molar-refractivity contribution is 5.61. The standard InChI is InChI=1S/C20H23N3/c1-4-18-13-20(16-10-7-8-15(2)12-16)23(22-18)14-17-9-5-6-11-19(17)21-3/h5-13,21H,4,14H2,1-3H3. The molecule has 0 aliphatic heterocycles. The van der Waals surface area contributed by atoms with Crippen LogP contribution in [0.25, 0.3) is 11.3 Å². The molecule has 0 atom stereocenters. The smallest absolute Gasteiger partial charge is 0.0689 e. The van der Waals surface area contributed by atoms with Crippen molar-refractivity contribution < 1.29 is 0 Å². The Morgan fingerprint density at radius 3 is 2.61 bits per heavy atom. The maximum Gasteiger partial charge on any atom is 0.0689 e. The van der Waals surface area contributed by atoms with Crippen LogP contribution in [0.1, 0.15) is 23.7 Å². The van der Waals surface area contributed by atoms with E-state index in [0.29, 0.717) is 0 Å². The van der Waals surface area contributed by atoms with Gasteiger partial charge >= 0.3 is 0 Å². The van der Waals surface area contributed by atoms with Crippen molar-refractivity contribution in [1.82, 2.24) is 9.78 Å². The summed E-state index contributed by atoms with van der Waals surface area (Å²) >= 11 is 0. The molecule has 0 aliphatic carbocycles. The van der Waals surface area contributed by atoms with Crippen molar-refractivity contribution in [2.24, 2.45) is 0 Å². The molecule has 3 aromatic rings. The first kappa shape index (κ1) is 15.3. The fourth-order valence-electron chi connectivity index (χ4n) is 2.86. The molecule has 0 bridgehead atoms. The number of anilines is 1. The second-order valence-electron chi connectivity index (χ2n) is 5.81. The van der Waals surface area contributed by atoms with E-state index in [2.05, 4.69) is 78.4 Å². The van der Waals surface area contributed by atoms with Crippen LogP contribution in [0.5, 0.6) is 0 Å². The van der Waals surface area contributed by atoms with Crippen LogP contribution in [0.2, 0.25) is 0 Å². The Hall–Kier alpha value is -2.55. The lowest BCUT2D eigenvalue weighted by Gasteiger charge is -2.12. The van der Waals surface area contributed by atoms with Crippen molar-refractivity contribution in [3.63, 3.8) is 0 Å². The van der Waals surface area contributed by atoms with Gasteiger partial charge in [-0.25, -0.2) is 0 Å². The van der Waals surface area contributed by atoms with Crippen LogP contribution < -0.4 is 5.32 Å². The molecule has 3 rings (SSSR count). The zero-order chi connectivity index (χ0) is 16.2. The number of nitrogens with one attached hydrogen (secondary N) is 1. The lowest BCUT2D eigenvalue weighted by atomic mass is 10.1. The maximum atomic E-state index is 4.79. The van der Waals surface area contributed by atoms with Gasteiger partial charge in [0.25, 0.3) is 0 Å². The van der Waals surface area contributed by atoms with Gasteiger partial charge in [0.05, 0.1) is 17.9 Å². The Morgan fingerprint density at radius 2 is 1.87 bits per heavy atom. The number of rotatable bonds is 5. The summed E-state index contributed by atoms with van der Waals surface area (Å²) in [4.78, 5) is 0. The van der Waals surface area contributed by atoms with E-state index in [-0.39, 0.29) is 0 Å². The number of hydrogen-bond acceptors (Lipinski definition) is 2. The van der Waals surface area contributed by atoms with E-state index in [1.54, 1.807) is 0 Å². The number of nitrogens with zero attached hydrogens (tertiary/aromatic N) is 2. The van der Waals surface area contributed by atoms with E-state index >= 15 is 0 Å². The van der Waals surface area contributed by atoms with Crippen LogP contribution in [0.3, 0.4) is 0 Å². The van der Waals surface area contributed by atoms with Gasteiger partial charge in [0.1, 0.15) is 0 Å². The van der Waals surface area contributed by atoms with Crippen molar-refractivity contribution in [1.29, 1.82) is 0 Å². The SMILES string of the molecule is CCc1cc(-c2cccc(C)c2)n(Cc2ccccc2NC)n1. The van der Waals surface area contributed by atoms with E-state index < -0.39 is 0 Å². The average molecular weight is 305 g/mol. The summed E-state index contributed by atoms with van der Waals surface area (Å²) in [6.07, 6.45) is 0.944. The Bertz CT molecular complexity index is 802. The third-order valence-electron chi connectivity index (χ3n) is 4.11. The largest absolute Gasteiger partial charge is 0.388 e. The molecule has 3 nitrogen and oxygen atoms in total. The molecule has 1 heterocycles. The molecule has 2 aromatic carbocycles. The summed E-state index contributed by atoms with van der Waals surface area (Å²) in [5.41, 5.74) is 7.19. The van der Waals surface area contributed by atoms with Gasteiger partial charge in [-0.1, -0.05) is 48.9 Å². The number of aryl methyl sites for hydroxylation is 2. The lowest BCUT2D eigenvalue weighted by Crippen LogP contribution is -2.06. The minimum Gasteiger partial charge on any atom is -0.388 e. The summed E-state index contributed by atoms with van der Waals surface area (Å²) < 4.78 is 2.11. The zero-order valence-electron chi connectivity index (χ0n) is 14.0. The third-order valence-corrected chi connectivity index (χ3v) is 4.11. The number of para-hydroxylation sites is 1. The first-order valence-corrected chi connectivity index (χ1v) is 8.10. The Morgan fingerprint density at radius 1 is 1.04 bits per heavy atom. The van der Waals surface area contributed by atoms with Crippen LogP contribution in [0.4, 0.5) is 5.69 Å². The molecule has 3 heteroatoms. The highest BCUT2D eigenvalue weighted by Gasteiger charge is 2.11. The first-order valence-electron chi connectivity index (χ1n) is 8.10. The predicted octanol–water partition coefficient (Wildman–Crippen LogP) is 4.51. The normalized spacial score (nSPS) is 10.7. The summed E-state index contributed by atoms with van der Waals surface area (Å²) in [6.45, 7) is 5.04. The number of benzene rings is 2. The predicted molar refractivity (Wildman–Crippen MR) is 96.9 cm³/mol. The fraction of sp³-hybridized carbons (Fsp3) is 0.250. The van der Waals surface area contributed by atoms with Crippen LogP contribution >= 0.6 is 0 Å². The van der Waals surface area contributed by atoms with Gasteiger partial charge < -0.3 is 5.32 Å². The summed E-state index contributed by atoms with van der Waals surface area (Å²) in [5, 5.41) is 8.06. The quantitative estimate of drug-likeness (QED) is 0.751. The minimum atomic E-state index is 0.764. The first-order chi connectivity index (χ1) is 11.2. The highest BCUT2D eigenvalue weighted by atomic mass is 15.3. The van der Waals surface area contributed by atoms with Crippen LogP contribution in [-0.2, 0) is 13.0 Å². The molecule has 118 valence electrons. The van der Waals surface area contributed by atoms with E-state index in [1.165, 1.54) is 22.4 Å². The topological polar surface area (TPSA) is 29.9 Å². The van der Waals surface area contributed by atoms with Crippen molar-refractivity contribution in [2.75, 3.05) is 12.4 Å². The molecule has 0 unspecified atom stereocenters. The maximum absolute atomic E-state index is 4.79. The molecular formula is C20H23N3. The molecule has 0 spiro atoms. The number of hydrogen-bond donors (Lipinski definition) is 1. The van der Waals surface area contributed by atoms with Gasteiger partial charge in [-0.05, 0) is 37.1 Å². The molecule has 0 aliphatic rings. The van der Waals surface area contributed by atoms with Crippen LogP contribution in [0, 0.1) is 6.92 Å². The van der Waals surface area contributed by atoms with E-state index in [9.17, 15) is 0 Å². The molecule has 0 saturated carbocycles. The van der Waals surface area contributed by atoms with E-state index in [0.717, 1.165) is 24.3 Å². The van der Waals surface area contributed by atoms with Gasteiger partial charge in [0.15, 0.2) is 0 Å². The fourth-order valence-corrected chi connectivity index (χ4v) is 2.86. The third kappa shape index (κ3) is 3.29. The van der Waals surface area contributed by atoms with Gasteiger partial charge in [0, 0.05) is 18.3 Å². The minimum absolute atomic E-state index is 0.764. The van der Waals surface area contributed by atoms with Gasteiger partial charge in [-0.2, -0.15) is 5.10 Å². The molecule has 0 amide bonds. The zero-order valence-corrected chi connectivity index (χ0v) is 14.0. The van der Waals surface area contributed by atoms with Crippen LogP contribution in [-0.4, -0.2) is 16.8 Å². The number of aromatic nitrogens is 2. The summed E-state index contributed by atoms with van der Waals surface area (Å²) in [7, 11) is 1.96. The molecule has 0 saturated heterocycles. The molecule has 0 fully saturated rings. The van der Waals surface area contributed by atoms with Crippen molar-refractivity contribution >= 4 is 5.69 Å². The van der Waals surface area contributed by atoms with Crippen molar-refractivity contribution in [3.05, 3.63) is 71.4 Å². The monoisotopic (exact) mass is 305 g/mol. The molecule has 23 heavy (non-hydrogen) atoms. The second-order valence-corrected chi connectivity index (χ2v) is 5.81. The highest BCUT2D eigenvalue weighted by Crippen LogP contribution is 2.24. The van der Waals surface area contributed by atoms with E-state index in [4.69, 9.17) is 5.10 Å². The van der Waals surface area contributed by atoms with E-state index in [1.807, 2.05) is 7.05 Å². The average Bonchev–Trinajstić information content (AvgIpc) is 2.98. The summed E-state index contributed by atoms with van der Waals surface area (Å²) in [6, 6.07) is 19.2. The second kappa shape index (κ2) is 6.69. The molecule has 1 N–H and O–H groups in total. The molecule has 0 radical (unpaired) electrons. The van der Waals surface area contributed by atoms with Gasteiger partial charge in [-0.15, -0.1) is 0 Å². The van der Waals surface area contributed by atoms with Crippen molar-refractivity contribution in [3.8, 4) is 11.3 Å². The summed E-state index contributed by atoms with van der Waals surface area (Å²) in [5.74, 6) is 0. The lowest BCUT2D eigenvalue weighted by molar-refractivity contribution is 0.681. The Labute approximate surface area is 138 Å². The molecular weight excluding hydrogens is 282 g/mol. The van der Waals surface area contributed by atoms with Gasteiger partial charge in [-0.3, -0.25) is 4.68 Å². The van der Waals surface area contributed by atoms with Gasteiger partial charge in [0.2, 0.25) is 0 Å².